The molecule has 0 unspecified atom stereocenters. The number of ether oxygens (including phenoxy) is 2. The van der Waals surface area contributed by atoms with E-state index in [1.54, 1.807) is 0 Å². The first-order chi connectivity index (χ1) is 9.28. The highest BCUT2D eigenvalue weighted by Gasteiger charge is 2.14. The van der Waals surface area contributed by atoms with Crippen LogP contribution in [0.2, 0.25) is 0 Å². The summed E-state index contributed by atoms with van der Waals surface area (Å²) in [7, 11) is 1.42. The first-order valence-electron chi connectivity index (χ1n) is 7.10. The molecule has 104 valence electrons. The lowest BCUT2D eigenvalue weighted by Crippen LogP contribution is -2.19. The standard InChI is InChI=1S/C16H22O3/c1-18-16(17)12-9-13-7-10-15(11-8-13)19-14-5-3-2-4-6-14/h7-8,10-11,14H,2-6,9,12H2,1H3. The van der Waals surface area contributed by atoms with Gasteiger partial charge in [-0.1, -0.05) is 18.6 Å². The molecule has 1 aromatic carbocycles. The molecule has 1 fully saturated rings. The molecule has 1 aliphatic rings. The van der Waals surface area contributed by atoms with E-state index >= 15 is 0 Å². The third kappa shape index (κ3) is 4.58. The monoisotopic (exact) mass is 262 g/mol. The second-order valence-electron chi connectivity index (χ2n) is 5.10. The van der Waals surface area contributed by atoms with E-state index in [-0.39, 0.29) is 5.97 Å². The van der Waals surface area contributed by atoms with Gasteiger partial charge in [0.2, 0.25) is 0 Å². The predicted molar refractivity (Wildman–Crippen MR) is 74.3 cm³/mol. The van der Waals surface area contributed by atoms with Crippen molar-refractivity contribution >= 4 is 5.97 Å². The van der Waals surface area contributed by atoms with Crippen molar-refractivity contribution in [3.63, 3.8) is 0 Å². The van der Waals surface area contributed by atoms with Crippen molar-refractivity contribution in [1.29, 1.82) is 0 Å². The third-order valence-corrected chi connectivity index (χ3v) is 3.62. The minimum Gasteiger partial charge on any atom is -0.490 e. The second-order valence-corrected chi connectivity index (χ2v) is 5.10. The number of benzene rings is 1. The number of carbonyl (C=O) groups excluding carboxylic acids is 1. The largest absolute Gasteiger partial charge is 0.490 e. The second kappa shape index (κ2) is 7.17. The maximum atomic E-state index is 11.1. The van der Waals surface area contributed by atoms with Gasteiger partial charge in [0.15, 0.2) is 0 Å². The van der Waals surface area contributed by atoms with Crippen LogP contribution >= 0.6 is 0 Å². The molecule has 0 spiro atoms. The van der Waals surface area contributed by atoms with Crippen molar-refractivity contribution in [3.05, 3.63) is 29.8 Å². The van der Waals surface area contributed by atoms with Crippen LogP contribution in [0.25, 0.3) is 0 Å². The normalized spacial score (nSPS) is 16.1. The molecule has 19 heavy (non-hydrogen) atoms. The molecule has 0 amide bonds. The highest BCUT2D eigenvalue weighted by Crippen LogP contribution is 2.23. The Balaban J connectivity index is 1.82. The van der Waals surface area contributed by atoms with E-state index < -0.39 is 0 Å². The molecular weight excluding hydrogens is 240 g/mol. The molecule has 2 rings (SSSR count). The van der Waals surface area contributed by atoms with E-state index in [1.165, 1.54) is 39.2 Å². The molecule has 0 heterocycles. The quantitative estimate of drug-likeness (QED) is 0.762. The van der Waals surface area contributed by atoms with E-state index in [0.29, 0.717) is 12.5 Å². The average molecular weight is 262 g/mol. The van der Waals surface area contributed by atoms with Crippen molar-refractivity contribution < 1.29 is 14.3 Å². The summed E-state index contributed by atoms with van der Waals surface area (Å²) in [5, 5.41) is 0. The summed E-state index contributed by atoms with van der Waals surface area (Å²) in [5.41, 5.74) is 1.14. The summed E-state index contributed by atoms with van der Waals surface area (Å²) in [6, 6.07) is 8.06. The number of hydrogen-bond acceptors (Lipinski definition) is 3. The van der Waals surface area contributed by atoms with Crippen LogP contribution < -0.4 is 4.74 Å². The van der Waals surface area contributed by atoms with E-state index in [2.05, 4.69) is 4.74 Å². The predicted octanol–water partition coefficient (Wildman–Crippen LogP) is 3.50. The van der Waals surface area contributed by atoms with Gasteiger partial charge < -0.3 is 9.47 Å². The lowest BCUT2D eigenvalue weighted by atomic mass is 9.98. The minimum absolute atomic E-state index is 0.164. The zero-order chi connectivity index (χ0) is 13.5. The molecule has 0 aliphatic heterocycles. The maximum absolute atomic E-state index is 11.1. The van der Waals surface area contributed by atoms with Gasteiger partial charge in [0, 0.05) is 6.42 Å². The number of methoxy groups -OCH3 is 1. The Morgan fingerprint density at radius 1 is 1.16 bits per heavy atom. The van der Waals surface area contributed by atoms with Crippen LogP contribution in [0.3, 0.4) is 0 Å². The molecule has 1 aliphatic carbocycles. The van der Waals surface area contributed by atoms with Gasteiger partial charge in [-0.15, -0.1) is 0 Å². The lowest BCUT2D eigenvalue weighted by molar-refractivity contribution is -0.140. The maximum Gasteiger partial charge on any atom is 0.305 e. The van der Waals surface area contributed by atoms with Gasteiger partial charge in [-0.05, 0) is 49.8 Å². The number of rotatable bonds is 5. The van der Waals surface area contributed by atoms with Gasteiger partial charge in [0.1, 0.15) is 5.75 Å². The SMILES string of the molecule is COC(=O)CCc1ccc(OC2CCCCC2)cc1. The van der Waals surface area contributed by atoms with Gasteiger partial charge in [-0.2, -0.15) is 0 Å². The molecule has 0 bridgehead atoms. The lowest BCUT2D eigenvalue weighted by Gasteiger charge is -2.23. The van der Waals surface area contributed by atoms with Crippen molar-refractivity contribution in [2.45, 2.75) is 51.0 Å². The van der Waals surface area contributed by atoms with E-state index in [1.807, 2.05) is 24.3 Å². The highest BCUT2D eigenvalue weighted by atomic mass is 16.5. The smallest absolute Gasteiger partial charge is 0.305 e. The zero-order valence-corrected chi connectivity index (χ0v) is 11.6. The van der Waals surface area contributed by atoms with Crippen LogP contribution in [0.5, 0.6) is 5.75 Å². The number of aryl methyl sites for hydroxylation is 1. The molecule has 3 nitrogen and oxygen atoms in total. The summed E-state index contributed by atoms with van der Waals surface area (Å²) < 4.78 is 10.6. The van der Waals surface area contributed by atoms with E-state index in [4.69, 9.17) is 4.74 Å². The van der Waals surface area contributed by atoms with Crippen LogP contribution in [0.15, 0.2) is 24.3 Å². The Kier molecular flexibility index (Phi) is 5.25. The van der Waals surface area contributed by atoms with Gasteiger partial charge in [0.05, 0.1) is 13.2 Å². The van der Waals surface area contributed by atoms with Gasteiger partial charge in [-0.3, -0.25) is 4.79 Å². The Hall–Kier alpha value is -1.51. The summed E-state index contributed by atoms with van der Waals surface area (Å²) in [6.45, 7) is 0. The molecule has 1 aromatic rings. The number of hydrogen-bond donors (Lipinski definition) is 0. The van der Waals surface area contributed by atoms with E-state index in [0.717, 1.165) is 17.7 Å². The number of esters is 1. The van der Waals surface area contributed by atoms with Crippen LogP contribution in [0, 0.1) is 0 Å². The Labute approximate surface area is 114 Å². The van der Waals surface area contributed by atoms with Crippen LogP contribution in [-0.2, 0) is 16.0 Å². The van der Waals surface area contributed by atoms with Crippen LogP contribution in [0.1, 0.15) is 44.1 Å². The number of carbonyl (C=O) groups is 1. The highest BCUT2D eigenvalue weighted by molar-refractivity contribution is 5.69. The first kappa shape index (κ1) is 13.9. The summed E-state index contributed by atoms with van der Waals surface area (Å²) in [6.07, 6.45) is 7.77. The molecule has 0 atom stereocenters. The molecule has 0 aromatic heterocycles. The fourth-order valence-electron chi connectivity index (χ4n) is 2.46. The summed E-state index contributed by atoms with van der Waals surface area (Å²) >= 11 is 0. The first-order valence-corrected chi connectivity index (χ1v) is 7.10. The molecule has 0 radical (unpaired) electrons. The third-order valence-electron chi connectivity index (χ3n) is 3.62. The van der Waals surface area contributed by atoms with E-state index in [9.17, 15) is 4.79 Å². The van der Waals surface area contributed by atoms with Gasteiger partial charge in [0.25, 0.3) is 0 Å². The van der Waals surface area contributed by atoms with Gasteiger partial charge >= 0.3 is 5.97 Å². The van der Waals surface area contributed by atoms with Gasteiger partial charge in [-0.25, -0.2) is 0 Å². The summed E-state index contributed by atoms with van der Waals surface area (Å²) in [5.74, 6) is 0.774. The molecule has 0 saturated heterocycles. The van der Waals surface area contributed by atoms with Crippen molar-refractivity contribution in [2.75, 3.05) is 7.11 Å². The fraction of sp³-hybridized carbons (Fsp3) is 0.562. The molecule has 1 saturated carbocycles. The van der Waals surface area contributed by atoms with Crippen LogP contribution in [0.4, 0.5) is 0 Å². The Bertz CT molecular complexity index is 391. The minimum atomic E-state index is -0.164. The molecule has 3 heteroatoms. The average Bonchev–Trinajstić information content (AvgIpc) is 2.47. The van der Waals surface area contributed by atoms with Crippen molar-refractivity contribution in [2.24, 2.45) is 0 Å². The van der Waals surface area contributed by atoms with Crippen molar-refractivity contribution in [3.8, 4) is 5.75 Å². The zero-order valence-electron chi connectivity index (χ0n) is 11.6. The summed E-state index contributed by atoms with van der Waals surface area (Å²) in [4.78, 5) is 11.1. The Morgan fingerprint density at radius 3 is 2.47 bits per heavy atom. The fourth-order valence-corrected chi connectivity index (χ4v) is 2.46. The van der Waals surface area contributed by atoms with Crippen LogP contribution in [-0.4, -0.2) is 19.2 Å². The molecule has 0 N–H and O–H groups in total. The topological polar surface area (TPSA) is 35.5 Å². The van der Waals surface area contributed by atoms with Crippen molar-refractivity contribution in [1.82, 2.24) is 0 Å². The molecular formula is C16H22O3. The Morgan fingerprint density at radius 2 is 1.84 bits per heavy atom.